The topological polar surface area (TPSA) is 58.4 Å². The second-order valence-corrected chi connectivity index (χ2v) is 4.15. The van der Waals surface area contributed by atoms with Crippen LogP contribution >= 0.6 is 0 Å². The van der Waals surface area contributed by atoms with Gasteiger partial charge in [0.15, 0.2) is 0 Å². The Morgan fingerprint density at radius 1 is 1.67 bits per heavy atom. The molecule has 0 radical (unpaired) electrons. The number of rotatable bonds is 1. The van der Waals surface area contributed by atoms with Gasteiger partial charge in [0.05, 0.1) is 6.20 Å². The van der Waals surface area contributed by atoms with Crippen LogP contribution in [0.3, 0.4) is 0 Å². The number of nitrogens with one attached hydrogen (secondary N) is 1. The summed E-state index contributed by atoms with van der Waals surface area (Å²) in [6.45, 7) is 2.88. The van der Waals surface area contributed by atoms with Crippen molar-refractivity contribution in [2.24, 2.45) is 5.92 Å². The fourth-order valence-electron chi connectivity index (χ4n) is 2.46. The van der Waals surface area contributed by atoms with Crippen molar-refractivity contribution >= 4 is 5.91 Å². The lowest BCUT2D eigenvalue weighted by atomic mass is 9.83. The van der Waals surface area contributed by atoms with Crippen molar-refractivity contribution in [3.05, 3.63) is 18.0 Å². The van der Waals surface area contributed by atoms with Crippen molar-refractivity contribution in [2.45, 2.75) is 12.5 Å². The van der Waals surface area contributed by atoms with E-state index in [1.165, 1.54) is 6.20 Å². The fraction of sp³-hybridized carbons (Fsp3) is 0.600. The summed E-state index contributed by atoms with van der Waals surface area (Å²) in [6, 6.07) is 2.03. The lowest BCUT2D eigenvalue weighted by molar-refractivity contribution is -0.000499. The number of carbonyl (C=O) groups excluding carboxylic acids is 1. The smallest absolute Gasteiger partial charge is 0.292 e. The normalized spacial score (nSPS) is 29.5. The Kier molecular flexibility index (Phi) is 1.98. The summed E-state index contributed by atoms with van der Waals surface area (Å²) in [5.41, 5.74) is 0. The predicted octanol–water partition coefficient (Wildman–Crippen LogP) is 0.108. The van der Waals surface area contributed by atoms with E-state index in [1.54, 1.807) is 6.07 Å². The molecule has 0 aliphatic carbocycles. The van der Waals surface area contributed by atoms with Crippen LogP contribution in [-0.2, 0) is 0 Å². The van der Waals surface area contributed by atoms with Gasteiger partial charge in [-0.25, -0.2) is 0 Å². The first-order chi connectivity index (χ1) is 7.36. The molecule has 1 amide bonds. The summed E-state index contributed by atoms with van der Waals surface area (Å²) in [5.74, 6) is 0.966. The molecule has 1 aromatic rings. The number of amides is 1. The van der Waals surface area contributed by atoms with Gasteiger partial charge in [-0.3, -0.25) is 4.79 Å². The summed E-state index contributed by atoms with van der Waals surface area (Å²) in [4.78, 5) is 13.8. The first-order valence-electron chi connectivity index (χ1n) is 5.28. The van der Waals surface area contributed by atoms with Gasteiger partial charge in [0.1, 0.15) is 0 Å². The maximum Gasteiger partial charge on any atom is 0.292 e. The van der Waals surface area contributed by atoms with Crippen LogP contribution in [0.25, 0.3) is 0 Å². The van der Waals surface area contributed by atoms with Crippen LogP contribution in [0, 0.1) is 5.92 Å². The zero-order valence-corrected chi connectivity index (χ0v) is 8.35. The monoisotopic (exact) mass is 207 g/mol. The van der Waals surface area contributed by atoms with E-state index in [1.807, 2.05) is 4.90 Å². The van der Waals surface area contributed by atoms with Crippen molar-refractivity contribution in [3.63, 3.8) is 0 Å². The van der Waals surface area contributed by atoms with Crippen LogP contribution in [0.1, 0.15) is 17.0 Å². The molecular weight excluding hydrogens is 194 g/mol. The molecule has 2 saturated heterocycles. The molecule has 1 N–H and O–H groups in total. The minimum absolute atomic E-state index is 0.0179. The summed E-state index contributed by atoms with van der Waals surface area (Å²) in [7, 11) is 0. The van der Waals surface area contributed by atoms with Crippen LogP contribution < -0.4 is 5.32 Å². The third kappa shape index (κ3) is 1.34. The number of hydrogen-bond donors (Lipinski definition) is 1. The summed E-state index contributed by atoms with van der Waals surface area (Å²) >= 11 is 0. The quantitative estimate of drug-likeness (QED) is 0.710. The maximum atomic E-state index is 11.9. The highest BCUT2D eigenvalue weighted by atomic mass is 16.5. The number of hydrogen-bond acceptors (Lipinski definition) is 4. The molecule has 5 heteroatoms. The molecule has 5 nitrogen and oxygen atoms in total. The van der Waals surface area contributed by atoms with Crippen molar-refractivity contribution < 1.29 is 9.32 Å². The number of piperidine rings is 1. The molecule has 0 saturated carbocycles. The highest BCUT2D eigenvalue weighted by Crippen LogP contribution is 2.30. The number of fused-ring (bicyclic) bond motifs is 1. The molecule has 2 atom stereocenters. The van der Waals surface area contributed by atoms with Crippen molar-refractivity contribution in [3.8, 4) is 0 Å². The molecule has 15 heavy (non-hydrogen) atoms. The van der Waals surface area contributed by atoms with E-state index in [0.717, 1.165) is 26.1 Å². The Labute approximate surface area is 87.4 Å². The first-order valence-corrected chi connectivity index (χ1v) is 5.28. The number of likely N-dealkylation sites (tertiary alicyclic amines) is 1. The summed E-state index contributed by atoms with van der Waals surface area (Å²) in [6.07, 6.45) is 2.55. The van der Waals surface area contributed by atoms with Crippen LogP contribution in [0.5, 0.6) is 0 Å². The molecule has 3 rings (SSSR count). The molecule has 1 aromatic heterocycles. The van der Waals surface area contributed by atoms with E-state index < -0.39 is 0 Å². The van der Waals surface area contributed by atoms with Crippen molar-refractivity contribution in [1.82, 2.24) is 15.4 Å². The van der Waals surface area contributed by atoms with Crippen LogP contribution in [0.4, 0.5) is 0 Å². The van der Waals surface area contributed by atoms with E-state index in [0.29, 0.717) is 17.7 Å². The largest absolute Gasteiger partial charge is 0.351 e. The SMILES string of the molecule is O=C(c1ccno1)N1CC2CNCCC21. The minimum atomic E-state index is -0.0179. The second-order valence-electron chi connectivity index (χ2n) is 4.15. The van der Waals surface area contributed by atoms with E-state index >= 15 is 0 Å². The first kappa shape index (κ1) is 8.91. The predicted molar refractivity (Wildman–Crippen MR) is 52.3 cm³/mol. The Morgan fingerprint density at radius 3 is 3.33 bits per heavy atom. The van der Waals surface area contributed by atoms with E-state index in [-0.39, 0.29) is 5.91 Å². The lowest BCUT2D eigenvalue weighted by Crippen LogP contribution is -2.64. The summed E-state index contributed by atoms with van der Waals surface area (Å²) < 4.78 is 4.88. The van der Waals surface area contributed by atoms with Gasteiger partial charge in [-0.15, -0.1) is 0 Å². The zero-order chi connectivity index (χ0) is 10.3. The average molecular weight is 207 g/mol. The average Bonchev–Trinajstić information content (AvgIpc) is 2.72. The van der Waals surface area contributed by atoms with Gasteiger partial charge in [0, 0.05) is 31.1 Å². The molecular formula is C10H13N3O2. The van der Waals surface area contributed by atoms with E-state index in [4.69, 9.17) is 4.52 Å². The van der Waals surface area contributed by atoms with Gasteiger partial charge < -0.3 is 14.7 Å². The molecule has 0 aromatic carbocycles. The second kappa shape index (κ2) is 3.34. The van der Waals surface area contributed by atoms with E-state index in [9.17, 15) is 4.79 Å². The van der Waals surface area contributed by atoms with Gasteiger partial charge in [-0.05, 0) is 13.0 Å². The third-order valence-electron chi connectivity index (χ3n) is 3.31. The van der Waals surface area contributed by atoms with Gasteiger partial charge in [0.25, 0.3) is 5.91 Å². The fourth-order valence-corrected chi connectivity index (χ4v) is 2.46. The third-order valence-corrected chi connectivity index (χ3v) is 3.31. The highest BCUT2D eigenvalue weighted by Gasteiger charge is 2.43. The Bertz CT molecular complexity index is 363. The lowest BCUT2D eigenvalue weighted by Gasteiger charge is -2.50. The highest BCUT2D eigenvalue weighted by molar-refractivity contribution is 5.92. The number of carbonyl (C=O) groups is 1. The van der Waals surface area contributed by atoms with E-state index in [2.05, 4.69) is 10.5 Å². The van der Waals surface area contributed by atoms with Gasteiger partial charge in [-0.2, -0.15) is 0 Å². The standard InChI is InChI=1S/C10H13N3O2/c14-10(9-2-4-12-15-9)13-6-7-5-11-3-1-8(7)13/h2,4,7-8,11H,1,3,5-6H2. The number of nitrogens with zero attached hydrogens (tertiary/aromatic N) is 2. The van der Waals surface area contributed by atoms with Gasteiger partial charge >= 0.3 is 0 Å². The van der Waals surface area contributed by atoms with Crippen LogP contribution in [-0.4, -0.2) is 41.6 Å². The van der Waals surface area contributed by atoms with Gasteiger partial charge in [-0.1, -0.05) is 5.16 Å². The Morgan fingerprint density at radius 2 is 2.60 bits per heavy atom. The van der Waals surface area contributed by atoms with Crippen LogP contribution in [0.2, 0.25) is 0 Å². The molecule has 80 valence electrons. The van der Waals surface area contributed by atoms with Crippen molar-refractivity contribution in [1.29, 1.82) is 0 Å². The maximum absolute atomic E-state index is 11.9. The molecule has 0 spiro atoms. The Hall–Kier alpha value is -1.36. The molecule has 2 aliphatic rings. The molecule has 2 fully saturated rings. The van der Waals surface area contributed by atoms with Crippen LogP contribution in [0.15, 0.2) is 16.8 Å². The molecule has 2 aliphatic heterocycles. The zero-order valence-electron chi connectivity index (χ0n) is 8.35. The van der Waals surface area contributed by atoms with Crippen molar-refractivity contribution in [2.75, 3.05) is 19.6 Å². The summed E-state index contributed by atoms with van der Waals surface area (Å²) in [5, 5.41) is 6.89. The minimum Gasteiger partial charge on any atom is -0.351 e. The number of aromatic nitrogens is 1. The van der Waals surface area contributed by atoms with Gasteiger partial charge in [0.2, 0.25) is 5.76 Å². The molecule has 0 bridgehead atoms. The molecule has 3 heterocycles. The molecule has 2 unspecified atom stereocenters. The Balaban J connectivity index is 1.72.